The van der Waals surface area contributed by atoms with Gasteiger partial charge in [-0.15, -0.1) is 0 Å². The zero-order chi connectivity index (χ0) is 15.3. The van der Waals surface area contributed by atoms with Crippen LogP contribution in [0.25, 0.3) is 0 Å². The van der Waals surface area contributed by atoms with Crippen LogP contribution in [0.2, 0.25) is 0 Å². The highest BCUT2D eigenvalue weighted by Gasteiger charge is 2.22. The standard InChI is InChI=1S/C16H20O4/c1-6-14(17)20-11(2)19-13-9-7-12(8-10-13)15(18)16(3,4)5/h6-11H,1H2,2-5H3. The molecule has 0 radical (unpaired) electrons. The molecule has 108 valence electrons. The molecule has 0 aliphatic rings. The smallest absolute Gasteiger partial charge is 0.333 e. The monoisotopic (exact) mass is 276 g/mol. The number of ketones is 1. The first-order valence-corrected chi connectivity index (χ1v) is 6.38. The van der Waals surface area contributed by atoms with Crippen molar-refractivity contribution in [3.05, 3.63) is 42.5 Å². The normalized spacial score (nSPS) is 12.4. The third-order valence-corrected chi connectivity index (χ3v) is 2.55. The van der Waals surface area contributed by atoms with Crippen molar-refractivity contribution in [1.82, 2.24) is 0 Å². The first-order valence-electron chi connectivity index (χ1n) is 6.38. The van der Waals surface area contributed by atoms with Gasteiger partial charge >= 0.3 is 5.97 Å². The van der Waals surface area contributed by atoms with E-state index in [1.54, 1.807) is 31.2 Å². The van der Waals surface area contributed by atoms with Crippen LogP contribution >= 0.6 is 0 Å². The molecular formula is C16H20O4. The van der Waals surface area contributed by atoms with Crippen LogP contribution in [0.4, 0.5) is 0 Å². The molecule has 0 aliphatic carbocycles. The third kappa shape index (κ3) is 4.53. The fourth-order valence-corrected chi connectivity index (χ4v) is 1.55. The van der Waals surface area contributed by atoms with Crippen molar-refractivity contribution >= 4 is 11.8 Å². The van der Waals surface area contributed by atoms with E-state index in [0.717, 1.165) is 6.08 Å². The predicted molar refractivity (Wildman–Crippen MR) is 76.6 cm³/mol. The quantitative estimate of drug-likeness (QED) is 0.358. The molecule has 1 atom stereocenters. The molecule has 0 heterocycles. The third-order valence-electron chi connectivity index (χ3n) is 2.55. The Labute approximate surface area is 119 Å². The van der Waals surface area contributed by atoms with Crippen LogP contribution < -0.4 is 4.74 Å². The molecule has 0 saturated carbocycles. The van der Waals surface area contributed by atoms with Gasteiger partial charge < -0.3 is 9.47 Å². The summed E-state index contributed by atoms with van der Waals surface area (Å²) in [6.07, 6.45) is 0.356. The molecule has 0 spiro atoms. The number of hydrogen-bond acceptors (Lipinski definition) is 4. The molecule has 0 fully saturated rings. The number of carbonyl (C=O) groups excluding carboxylic acids is 2. The van der Waals surface area contributed by atoms with Crippen molar-refractivity contribution in [3.8, 4) is 5.75 Å². The van der Waals surface area contributed by atoms with Gasteiger partial charge in [-0.25, -0.2) is 4.79 Å². The van der Waals surface area contributed by atoms with E-state index in [9.17, 15) is 9.59 Å². The summed E-state index contributed by atoms with van der Waals surface area (Å²) in [5, 5.41) is 0. The van der Waals surface area contributed by atoms with Crippen LogP contribution in [0, 0.1) is 5.41 Å². The Morgan fingerprint density at radius 1 is 1.20 bits per heavy atom. The van der Waals surface area contributed by atoms with Gasteiger partial charge in [-0.2, -0.15) is 0 Å². The molecule has 0 bridgehead atoms. The van der Waals surface area contributed by atoms with Gasteiger partial charge in [-0.3, -0.25) is 4.79 Å². The van der Waals surface area contributed by atoms with Gasteiger partial charge in [0.25, 0.3) is 0 Å². The molecule has 0 aromatic heterocycles. The number of hydrogen-bond donors (Lipinski definition) is 0. The average molecular weight is 276 g/mol. The van der Waals surface area contributed by atoms with Crippen molar-refractivity contribution in [2.45, 2.75) is 34.0 Å². The molecule has 0 aliphatic heterocycles. The highest BCUT2D eigenvalue weighted by atomic mass is 16.7. The van der Waals surface area contributed by atoms with Gasteiger partial charge in [0.2, 0.25) is 6.29 Å². The topological polar surface area (TPSA) is 52.6 Å². The van der Waals surface area contributed by atoms with Gasteiger partial charge in [-0.05, 0) is 24.3 Å². The van der Waals surface area contributed by atoms with Crippen LogP contribution in [0.5, 0.6) is 5.75 Å². The molecule has 4 heteroatoms. The van der Waals surface area contributed by atoms with E-state index in [1.165, 1.54) is 0 Å². The van der Waals surface area contributed by atoms with Gasteiger partial charge in [0.1, 0.15) is 5.75 Å². The van der Waals surface area contributed by atoms with E-state index in [-0.39, 0.29) is 5.78 Å². The van der Waals surface area contributed by atoms with Crippen molar-refractivity contribution < 1.29 is 19.1 Å². The summed E-state index contributed by atoms with van der Waals surface area (Å²) in [6, 6.07) is 6.75. The molecule has 0 amide bonds. The predicted octanol–water partition coefficient (Wildman–Crippen LogP) is 3.37. The zero-order valence-corrected chi connectivity index (χ0v) is 12.3. The lowest BCUT2D eigenvalue weighted by Gasteiger charge is -2.17. The minimum atomic E-state index is -0.718. The summed E-state index contributed by atoms with van der Waals surface area (Å²) in [4.78, 5) is 23.1. The van der Waals surface area contributed by atoms with E-state index in [0.29, 0.717) is 11.3 Å². The molecule has 1 aromatic carbocycles. The Kier molecular flexibility index (Phi) is 5.08. The van der Waals surface area contributed by atoms with Crippen molar-refractivity contribution in [2.75, 3.05) is 0 Å². The maximum atomic E-state index is 12.1. The molecule has 1 unspecified atom stereocenters. The SMILES string of the molecule is C=CC(=O)OC(C)Oc1ccc(C(=O)C(C)(C)C)cc1. The molecule has 0 saturated heterocycles. The van der Waals surface area contributed by atoms with E-state index in [4.69, 9.17) is 9.47 Å². The first-order chi connectivity index (χ1) is 9.24. The van der Waals surface area contributed by atoms with E-state index < -0.39 is 17.7 Å². The Bertz CT molecular complexity index is 494. The first kappa shape index (κ1) is 16.0. The number of carbonyl (C=O) groups is 2. The minimum Gasteiger partial charge on any atom is -0.455 e. The van der Waals surface area contributed by atoms with Gasteiger partial charge in [0.15, 0.2) is 5.78 Å². The van der Waals surface area contributed by atoms with E-state index >= 15 is 0 Å². The van der Waals surface area contributed by atoms with Gasteiger partial charge in [0, 0.05) is 24.0 Å². The van der Waals surface area contributed by atoms with Crippen LogP contribution in [0.1, 0.15) is 38.1 Å². The molecule has 4 nitrogen and oxygen atoms in total. The molecular weight excluding hydrogens is 256 g/mol. The number of Topliss-reactive ketones (excluding diaryl/α,β-unsaturated/α-hetero) is 1. The highest BCUT2D eigenvalue weighted by Crippen LogP contribution is 2.22. The van der Waals surface area contributed by atoms with Crippen LogP contribution in [0.3, 0.4) is 0 Å². The summed E-state index contributed by atoms with van der Waals surface area (Å²) in [5.41, 5.74) is 0.204. The summed E-state index contributed by atoms with van der Waals surface area (Å²) in [6.45, 7) is 10.5. The lowest BCUT2D eigenvalue weighted by Crippen LogP contribution is -2.21. The molecule has 1 rings (SSSR count). The van der Waals surface area contributed by atoms with E-state index in [2.05, 4.69) is 6.58 Å². The second-order valence-corrected chi connectivity index (χ2v) is 5.43. The maximum Gasteiger partial charge on any atom is 0.333 e. The second kappa shape index (κ2) is 6.37. The minimum absolute atomic E-state index is 0.0650. The van der Waals surface area contributed by atoms with Crippen LogP contribution in [-0.4, -0.2) is 18.0 Å². The van der Waals surface area contributed by atoms with E-state index in [1.807, 2.05) is 20.8 Å². The summed E-state index contributed by atoms with van der Waals surface area (Å²) in [5.74, 6) is 0.0482. The second-order valence-electron chi connectivity index (χ2n) is 5.43. The number of rotatable bonds is 5. The fraction of sp³-hybridized carbons (Fsp3) is 0.375. The number of esters is 1. The van der Waals surface area contributed by atoms with Crippen molar-refractivity contribution in [2.24, 2.45) is 5.41 Å². The van der Waals surface area contributed by atoms with Crippen LogP contribution in [0.15, 0.2) is 36.9 Å². The number of ether oxygens (including phenoxy) is 2. The largest absolute Gasteiger partial charge is 0.455 e. The van der Waals surface area contributed by atoms with Crippen molar-refractivity contribution in [3.63, 3.8) is 0 Å². The maximum absolute atomic E-state index is 12.1. The Hall–Kier alpha value is -2.10. The summed E-state index contributed by atoms with van der Waals surface area (Å²) >= 11 is 0. The lowest BCUT2D eigenvalue weighted by molar-refractivity contribution is -0.154. The summed E-state index contributed by atoms with van der Waals surface area (Å²) < 4.78 is 10.3. The summed E-state index contributed by atoms with van der Waals surface area (Å²) in [7, 11) is 0. The number of benzene rings is 1. The molecule has 20 heavy (non-hydrogen) atoms. The zero-order valence-electron chi connectivity index (χ0n) is 12.3. The van der Waals surface area contributed by atoms with Gasteiger partial charge in [0.05, 0.1) is 0 Å². The van der Waals surface area contributed by atoms with Crippen molar-refractivity contribution in [1.29, 1.82) is 0 Å². The average Bonchev–Trinajstić information content (AvgIpc) is 2.37. The Morgan fingerprint density at radius 3 is 2.20 bits per heavy atom. The fourth-order valence-electron chi connectivity index (χ4n) is 1.55. The molecule has 1 aromatic rings. The Balaban J connectivity index is 2.70. The lowest BCUT2D eigenvalue weighted by atomic mass is 9.86. The molecule has 0 N–H and O–H groups in total. The Morgan fingerprint density at radius 2 is 1.75 bits per heavy atom. The van der Waals surface area contributed by atoms with Crippen LogP contribution in [-0.2, 0) is 9.53 Å². The van der Waals surface area contributed by atoms with Gasteiger partial charge in [-0.1, -0.05) is 27.4 Å². The highest BCUT2D eigenvalue weighted by molar-refractivity contribution is 5.99.